The van der Waals surface area contributed by atoms with Gasteiger partial charge in [0.2, 0.25) is 0 Å². The molecule has 2 atom stereocenters. The molecule has 190 valence electrons. The fourth-order valence-corrected chi connectivity index (χ4v) is 3.95. The van der Waals surface area contributed by atoms with Crippen molar-refractivity contribution in [2.75, 3.05) is 0 Å². The fourth-order valence-electron chi connectivity index (χ4n) is 3.61. The van der Waals surface area contributed by atoms with Crippen LogP contribution in [0.5, 0.6) is 0 Å². The zero-order valence-electron chi connectivity index (χ0n) is 18.7. The van der Waals surface area contributed by atoms with Gasteiger partial charge in [0.15, 0.2) is 17.8 Å². The number of aliphatic hydroxyl groups excluding tert-OH is 2. The molecule has 36 heavy (non-hydrogen) atoms. The zero-order chi connectivity index (χ0) is 26.2. The molecular formula is C23H20Cl2F3N5O3. The molecule has 0 aliphatic heterocycles. The third kappa shape index (κ3) is 5.34. The van der Waals surface area contributed by atoms with Crippen molar-refractivity contribution in [2.24, 2.45) is 0 Å². The Morgan fingerprint density at radius 2 is 1.72 bits per heavy atom. The van der Waals surface area contributed by atoms with Crippen molar-refractivity contribution >= 4 is 23.2 Å². The molecule has 0 amide bonds. The lowest BCUT2D eigenvalue weighted by Gasteiger charge is -2.16. The van der Waals surface area contributed by atoms with E-state index in [0.717, 1.165) is 9.13 Å². The van der Waals surface area contributed by atoms with E-state index in [9.17, 15) is 28.2 Å². The van der Waals surface area contributed by atoms with Gasteiger partial charge in [-0.05, 0) is 36.8 Å². The lowest BCUT2D eigenvalue weighted by atomic mass is 10.1. The Hall–Kier alpha value is -3.12. The first-order chi connectivity index (χ1) is 17.0. The van der Waals surface area contributed by atoms with Crippen LogP contribution in [-0.2, 0) is 13.1 Å². The monoisotopic (exact) mass is 541 g/mol. The summed E-state index contributed by atoms with van der Waals surface area (Å²) in [6.07, 6.45) is -7.35. The first-order valence-corrected chi connectivity index (χ1v) is 11.4. The van der Waals surface area contributed by atoms with Crippen molar-refractivity contribution < 1.29 is 23.4 Å². The number of halogens is 5. The molecule has 4 rings (SSSR count). The highest BCUT2D eigenvalue weighted by Crippen LogP contribution is 2.26. The molecule has 0 aliphatic carbocycles. The van der Waals surface area contributed by atoms with Crippen LogP contribution in [0.15, 0.2) is 59.5 Å². The van der Waals surface area contributed by atoms with Gasteiger partial charge in [0, 0.05) is 11.2 Å². The number of aliphatic hydroxyl groups is 2. The fraction of sp³-hybridized carbons (Fsp3) is 0.261. The zero-order valence-corrected chi connectivity index (χ0v) is 20.2. The summed E-state index contributed by atoms with van der Waals surface area (Å²) in [4.78, 5) is 17.4. The molecule has 1 unspecified atom stereocenters. The second-order valence-electron chi connectivity index (χ2n) is 8.03. The number of alkyl halides is 3. The number of imidazole rings is 1. The van der Waals surface area contributed by atoms with E-state index in [2.05, 4.69) is 10.1 Å². The minimum atomic E-state index is -4.92. The number of benzene rings is 2. The van der Waals surface area contributed by atoms with Gasteiger partial charge in [-0.15, -0.1) is 5.10 Å². The van der Waals surface area contributed by atoms with Crippen molar-refractivity contribution in [3.63, 3.8) is 0 Å². The van der Waals surface area contributed by atoms with Crippen molar-refractivity contribution in [3.8, 4) is 16.9 Å². The van der Waals surface area contributed by atoms with Crippen LogP contribution >= 0.6 is 23.2 Å². The number of hydrogen-bond acceptors (Lipinski definition) is 5. The first kappa shape index (κ1) is 26.0. The van der Waals surface area contributed by atoms with Gasteiger partial charge in [-0.3, -0.25) is 9.13 Å². The molecular weight excluding hydrogens is 522 g/mol. The Morgan fingerprint density at radius 3 is 2.33 bits per heavy atom. The van der Waals surface area contributed by atoms with Gasteiger partial charge in [-0.25, -0.2) is 14.5 Å². The van der Waals surface area contributed by atoms with Gasteiger partial charge in [0.25, 0.3) is 0 Å². The van der Waals surface area contributed by atoms with E-state index < -0.39 is 30.6 Å². The van der Waals surface area contributed by atoms with Gasteiger partial charge in [-0.1, -0.05) is 47.5 Å². The molecule has 0 saturated carbocycles. The molecule has 8 nitrogen and oxygen atoms in total. The highest BCUT2D eigenvalue weighted by molar-refractivity contribution is 6.32. The smallest absolute Gasteiger partial charge is 0.385 e. The standard InChI is InChI=1S/C23H20Cl2F3N5O3/c1-13(34)21-29-20(30-33(21)17-5-3-2-4-16(17)25)12-31-10-18(14-6-8-15(24)9-7-14)32(22(31)36)11-19(35)23(26,27)28/h2-10,13,19,34-35H,11-12H2,1H3/t13-,19?/m0/s1. The molecule has 0 spiro atoms. The lowest BCUT2D eigenvalue weighted by Crippen LogP contribution is -2.37. The summed E-state index contributed by atoms with van der Waals surface area (Å²) in [6, 6.07) is 12.9. The van der Waals surface area contributed by atoms with Crippen LogP contribution in [0.1, 0.15) is 24.7 Å². The average Bonchev–Trinajstić information content (AvgIpc) is 3.36. The molecule has 2 N–H and O–H groups in total. The summed E-state index contributed by atoms with van der Waals surface area (Å²) in [5, 5.41) is 25.0. The molecule has 0 radical (unpaired) electrons. The molecule has 13 heteroatoms. The van der Waals surface area contributed by atoms with Gasteiger partial charge >= 0.3 is 11.9 Å². The first-order valence-electron chi connectivity index (χ1n) is 10.6. The van der Waals surface area contributed by atoms with Crippen LogP contribution in [0.25, 0.3) is 16.9 Å². The predicted molar refractivity (Wildman–Crippen MR) is 127 cm³/mol. The summed E-state index contributed by atoms with van der Waals surface area (Å²) < 4.78 is 42.5. The predicted octanol–water partition coefficient (Wildman–Crippen LogP) is 4.23. The van der Waals surface area contributed by atoms with E-state index in [1.54, 1.807) is 36.4 Å². The molecule has 2 aromatic heterocycles. The number of hydrogen-bond donors (Lipinski definition) is 2. The van der Waals surface area contributed by atoms with Crippen LogP contribution in [0.4, 0.5) is 13.2 Å². The largest absolute Gasteiger partial charge is 0.416 e. The number of rotatable bonds is 7. The molecule has 0 aliphatic rings. The van der Waals surface area contributed by atoms with E-state index in [1.807, 2.05) is 0 Å². The van der Waals surface area contributed by atoms with Crippen LogP contribution < -0.4 is 5.69 Å². The van der Waals surface area contributed by atoms with Crippen LogP contribution in [-0.4, -0.2) is 46.4 Å². The maximum atomic E-state index is 13.1. The summed E-state index contributed by atoms with van der Waals surface area (Å²) in [6.45, 7) is 0.264. The van der Waals surface area contributed by atoms with Crippen LogP contribution in [0, 0.1) is 0 Å². The highest BCUT2D eigenvalue weighted by Gasteiger charge is 2.39. The van der Waals surface area contributed by atoms with Gasteiger partial charge in [0.1, 0.15) is 6.10 Å². The molecule has 4 aromatic rings. The molecule has 2 heterocycles. The van der Waals surface area contributed by atoms with Crippen molar-refractivity contribution in [3.05, 3.63) is 86.9 Å². The summed E-state index contributed by atoms with van der Waals surface area (Å²) in [5.41, 5.74) is 0.204. The average molecular weight is 542 g/mol. The van der Waals surface area contributed by atoms with Crippen molar-refractivity contribution in [1.29, 1.82) is 0 Å². The Balaban J connectivity index is 1.78. The van der Waals surface area contributed by atoms with Crippen LogP contribution in [0.2, 0.25) is 10.0 Å². The minimum absolute atomic E-state index is 0.115. The molecule has 0 bridgehead atoms. The summed E-state index contributed by atoms with van der Waals surface area (Å²) >= 11 is 12.2. The Labute approximate surface area is 212 Å². The topological polar surface area (TPSA) is 98.1 Å². The van der Waals surface area contributed by atoms with Crippen molar-refractivity contribution in [1.82, 2.24) is 23.9 Å². The Morgan fingerprint density at radius 1 is 1.06 bits per heavy atom. The second kappa shape index (κ2) is 10.1. The maximum Gasteiger partial charge on any atom is 0.416 e. The Bertz CT molecular complexity index is 1430. The molecule has 0 fully saturated rings. The molecule has 2 aromatic carbocycles. The SMILES string of the molecule is C[C@H](O)c1nc(Cn2cc(-c3ccc(Cl)cc3)n(CC(O)C(F)(F)F)c2=O)nn1-c1ccccc1Cl. The van der Waals surface area contributed by atoms with Crippen LogP contribution in [0.3, 0.4) is 0 Å². The van der Waals surface area contributed by atoms with Gasteiger partial charge in [0.05, 0.1) is 29.5 Å². The third-order valence-electron chi connectivity index (χ3n) is 5.36. The second-order valence-corrected chi connectivity index (χ2v) is 8.87. The quantitative estimate of drug-likeness (QED) is 0.365. The summed E-state index contributed by atoms with van der Waals surface area (Å²) in [7, 11) is 0. The lowest BCUT2D eigenvalue weighted by molar-refractivity contribution is -0.207. The third-order valence-corrected chi connectivity index (χ3v) is 5.93. The Kier molecular flexibility index (Phi) is 7.28. The van der Waals surface area contributed by atoms with E-state index in [-0.39, 0.29) is 23.9 Å². The number of nitrogens with zero attached hydrogens (tertiary/aromatic N) is 5. The van der Waals surface area contributed by atoms with Gasteiger partial charge < -0.3 is 10.2 Å². The van der Waals surface area contributed by atoms with E-state index in [0.29, 0.717) is 21.3 Å². The molecule has 0 saturated heterocycles. The maximum absolute atomic E-state index is 13.1. The number of aromatic nitrogens is 5. The normalized spacial score (nSPS) is 13.7. The van der Waals surface area contributed by atoms with E-state index >= 15 is 0 Å². The number of para-hydroxylation sites is 1. The van der Waals surface area contributed by atoms with E-state index in [1.165, 1.54) is 29.9 Å². The minimum Gasteiger partial charge on any atom is -0.385 e. The highest BCUT2D eigenvalue weighted by atomic mass is 35.5. The van der Waals surface area contributed by atoms with Crippen molar-refractivity contribution in [2.45, 2.75) is 38.4 Å². The van der Waals surface area contributed by atoms with E-state index in [4.69, 9.17) is 23.2 Å². The summed E-state index contributed by atoms with van der Waals surface area (Å²) in [5.74, 6) is 0.278. The van der Waals surface area contributed by atoms with Gasteiger partial charge in [-0.2, -0.15) is 13.2 Å².